The molecule has 2 rings (SSSR count). The fourth-order valence-corrected chi connectivity index (χ4v) is 3.35. The summed E-state index contributed by atoms with van der Waals surface area (Å²) in [6.45, 7) is 4.21. The first-order valence-corrected chi connectivity index (χ1v) is 8.86. The molecule has 1 unspecified atom stereocenters. The lowest BCUT2D eigenvalue weighted by Gasteiger charge is -2.28. The predicted molar refractivity (Wildman–Crippen MR) is 98.1 cm³/mol. The van der Waals surface area contributed by atoms with Gasteiger partial charge in [0.1, 0.15) is 0 Å². The molecule has 0 fully saturated rings. The zero-order valence-electron chi connectivity index (χ0n) is 14.6. The Balaban J connectivity index is 2.27. The standard InChI is InChI=1S/C19H23N3OS/c1-14(2)12-17(19(23)22(4)21(3)13-20)15-7-9-16(10-8-15)18-6-5-11-24-18/h5-11,14,17H,12H2,1-4H3. The molecule has 0 spiro atoms. The highest BCUT2D eigenvalue weighted by atomic mass is 32.1. The quantitative estimate of drug-likeness (QED) is 0.446. The molecule has 0 aliphatic rings. The van der Waals surface area contributed by atoms with E-state index in [2.05, 4.69) is 37.4 Å². The highest BCUT2D eigenvalue weighted by molar-refractivity contribution is 7.13. The van der Waals surface area contributed by atoms with Crippen LogP contribution in [0, 0.1) is 17.4 Å². The fraction of sp³-hybridized carbons (Fsp3) is 0.368. The van der Waals surface area contributed by atoms with Crippen LogP contribution in [0.15, 0.2) is 41.8 Å². The maximum atomic E-state index is 12.8. The zero-order valence-corrected chi connectivity index (χ0v) is 15.4. The number of benzene rings is 1. The Morgan fingerprint density at radius 1 is 1.21 bits per heavy atom. The fourth-order valence-electron chi connectivity index (χ4n) is 2.61. The summed E-state index contributed by atoms with van der Waals surface area (Å²) in [4.78, 5) is 14.0. The normalized spacial score (nSPS) is 11.8. The zero-order chi connectivity index (χ0) is 17.7. The molecule has 0 saturated heterocycles. The summed E-state index contributed by atoms with van der Waals surface area (Å²) in [6.07, 6.45) is 2.72. The first-order chi connectivity index (χ1) is 11.4. The monoisotopic (exact) mass is 341 g/mol. The van der Waals surface area contributed by atoms with Gasteiger partial charge in [-0.2, -0.15) is 5.26 Å². The maximum absolute atomic E-state index is 12.8. The van der Waals surface area contributed by atoms with Gasteiger partial charge in [-0.15, -0.1) is 11.3 Å². The van der Waals surface area contributed by atoms with Gasteiger partial charge in [-0.05, 0) is 34.9 Å². The van der Waals surface area contributed by atoms with Gasteiger partial charge in [-0.1, -0.05) is 44.2 Å². The molecule has 0 aliphatic heterocycles. The van der Waals surface area contributed by atoms with Gasteiger partial charge in [0.2, 0.25) is 5.91 Å². The number of rotatable bonds is 6. The van der Waals surface area contributed by atoms with Crippen LogP contribution in [-0.2, 0) is 4.79 Å². The van der Waals surface area contributed by atoms with Crippen molar-refractivity contribution in [3.05, 3.63) is 47.3 Å². The summed E-state index contributed by atoms with van der Waals surface area (Å²) in [6, 6.07) is 12.3. The molecule has 1 aromatic carbocycles. The number of nitrogens with zero attached hydrogens (tertiary/aromatic N) is 3. The van der Waals surface area contributed by atoms with Gasteiger partial charge in [0.15, 0.2) is 6.19 Å². The number of hydrogen-bond acceptors (Lipinski definition) is 4. The van der Waals surface area contributed by atoms with Gasteiger partial charge in [-0.3, -0.25) is 4.79 Å². The Labute approximate surface area is 147 Å². The number of hydrogen-bond donors (Lipinski definition) is 0. The van der Waals surface area contributed by atoms with E-state index < -0.39 is 0 Å². The van der Waals surface area contributed by atoms with Crippen molar-refractivity contribution in [1.29, 1.82) is 5.26 Å². The lowest BCUT2D eigenvalue weighted by Crippen LogP contribution is -2.41. The van der Waals surface area contributed by atoms with Crippen LogP contribution >= 0.6 is 11.3 Å². The van der Waals surface area contributed by atoms with Crippen LogP contribution < -0.4 is 0 Å². The van der Waals surface area contributed by atoms with Crippen molar-refractivity contribution < 1.29 is 4.79 Å². The molecule has 0 bridgehead atoms. The average molecular weight is 341 g/mol. The molecule has 5 heteroatoms. The molecular weight excluding hydrogens is 318 g/mol. The van der Waals surface area contributed by atoms with E-state index in [0.717, 1.165) is 17.5 Å². The van der Waals surface area contributed by atoms with E-state index in [-0.39, 0.29) is 11.8 Å². The van der Waals surface area contributed by atoms with Crippen molar-refractivity contribution in [3.8, 4) is 16.6 Å². The second-order valence-corrected chi connectivity index (χ2v) is 7.21. The number of carbonyl (C=O) groups is 1. The number of carbonyl (C=O) groups excluding carboxylic acids is 1. The smallest absolute Gasteiger partial charge is 0.248 e. The Morgan fingerprint density at radius 2 is 1.88 bits per heavy atom. The molecule has 0 radical (unpaired) electrons. The Morgan fingerprint density at radius 3 is 2.38 bits per heavy atom. The summed E-state index contributed by atoms with van der Waals surface area (Å²) in [5.74, 6) is 0.0801. The highest BCUT2D eigenvalue weighted by Crippen LogP contribution is 2.30. The van der Waals surface area contributed by atoms with Crippen LogP contribution in [0.25, 0.3) is 10.4 Å². The summed E-state index contributed by atoms with van der Waals surface area (Å²) in [5.41, 5.74) is 2.15. The molecule has 0 aliphatic carbocycles. The van der Waals surface area contributed by atoms with E-state index in [1.54, 1.807) is 25.4 Å². The third-order valence-electron chi connectivity index (χ3n) is 4.04. The molecule has 0 N–H and O–H groups in total. The number of nitriles is 1. The van der Waals surface area contributed by atoms with Gasteiger partial charge in [0.05, 0.1) is 5.92 Å². The Kier molecular flexibility index (Phi) is 5.99. The van der Waals surface area contributed by atoms with E-state index in [1.165, 1.54) is 14.9 Å². The average Bonchev–Trinajstić information content (AvgIpc) is 3.12. The summed E-state index contributed by atoms with van der Waals surface area (Å²) < 4.78 is 0. The largest absolute Gasteiger partial charge is 0.272 e. The second kappa shape index (κ2) is 7.98. The molecule has 1 heterocycles. The minimum atomic E-state index is -0.247. The Hall–Kier alpha value is -2.32. The van der Waals surface area contributed by atoms with Crippen LogP contribution in [0.4, 0.5) is 0 Å². The van der Waals surface area contributed by atoms with E-state index in [9.17, 15) is 4.79 Å². The number of hydrazine groups is 1. The van der Waals surface area contributed by atoms with Crippen molar-refractivity contribution in [3.63, 3.8) is 0 Å². The molecule has 2 aromatic rings. The molecule has 126 valence electrons. The predicted octanol–water partition coefficient (Wildman–Crippen LogP) is 4.33. The molecule has 1 aromatic heterocycles. The van der Waals surface area contributed by atoms with Crippen LogP contribution in [-0.4, -0.2) is 30.0 Å². The van der Waals surface area contributed by atoms with Crippen molar-refractivity contribution >= 4 is 17.2 Å². The van der Waals surface area contributed by atoms with E-state index in [0.29, 0.717) is 5.92 Å². The molecule has 0 saturated carbocycles. The lowest BCUT2D eigenvalue weighted by molar-refractivity contribution is -0.141. The molecule has 24 heavy (non-hydrogen) atoms. The third-order valence-corrected chi connectivity index (χ3v) is 4.96. The summed E-state index contributed by atoms with van der Waals surface area (Å²) >= 11 is 1.70. The van der Waals surface area contributed by atoms with Crippen molar-refractivity contribution in [2.75, 3.05) is 14.1 Å². The van der Waals surface area contributed by atoms with Gasteiger partial charge in [0.25, 0.3) is 0 Å². The molecular formula is C19H23N3OS. The van der Waals surface area contributed by atoms with Crippen molar-refractivity contribution in [2.24, 2.45) is 5.92 Å². The molecule has 1 amide bonds. The second-order valence-electron chi connectivity index (χ2n) is 6.27. The first-order valence-electron chi connectivity index (χ1n) is 7.98. The minimum absolute atomic E-state index is 0.0587. The summed E-state index contributed by atoms with van der Waals surface area (Å²) in [7, 11) is 3.23. The third kappa shape index (κ3) is 4.15. The van der Waals surface area contributed by atoms with Crippen LogP contribution in [0.2, 0.25) is 0 Å². The summed E-state index contributed by atoms with van der Waals surface area (Å²) in [5, 5.41) is 13.7. The topological polar surface area (TPSA) is 47.3 Å². The van der Waals surface area contributed by atoms with E-state index in [4.69, 9.17) is 5.26 Å². The lowest BCUT2D eigenvalue weighted by atomic mass is 9.89. The Bertz CT molecular complexity index is 701. The van der Waals surface area contributed by atoms with Gasteiger partial charge >= 0.3 is 0 Å². The SMILES string of the molecule is CC(C)CC(C(=O)N(C)N(C)C#N)c1ccc(-c2cccs2)cc1. The maximum Gasteiger partial charge on any atom is 0.248 e. The van der Waals surface area contributed by atoms with Crippen molar-refractivity contribution in [1.82, 2.24) is 10.0 Å². The van der Waals surface area contributed by atoms with Gasteiger partial charge in [0, 0.05) is 19.0 Å². The van der Waals surface area contributed by atoms with Crippen LogP contribution in [0.3, 0.4) is 0 Å². The minimum Gasteiger partial charge on any atom is -0.272 e. The first kappa shape index (κ1) is 18.0. The van der Waals surface area contributed by atoms with Crippen LogP contribution in [0.1, 0.15) is 31.7 Å². The van der Waals surface area contributed by atoms with Gasteiger partial charge < -0.3 is 0 Å². The molecule has 4 nitrogen and oxygen atoms in total. The van der Waals surface area contributed by atoms with Gasteiger partial charge in [-0.25, -0.2) is 10.0 Å². The number of thiophene rings is 1. The van der Waals surface area contributed by atoms with Crippen LogP contribution in [0.5, 0.6) is 0 Å². The highest BCUT2D eigenvalue weighted by Gasteiger charge is 2.26. The van der Waals surface area contributed by atoms with Crippen molar-refractivity contribution in [2.45, 2.75) is 26.2 Å². The van der Waals surface area contributed by atoms with E-state index in [1.807, 2.05) is 24.4 Å². The number of amides is 1. The van der Waals surface area contributed by atoms with E-state index >= 15 is 0 Å². The molecule has 1 atom stereocenters. The number of likely N-dealkylation sites (N-methyl/N-ethyl adjacent to an activating group) is 1.